The van der Waals surface area contributed by atoms with Gasteiger partial charge in [0.2, 0.25) is 0 Å². The Hall–Kier alpha value is -3.40. The summed E-state index contributed by atoms with van der Waals surface area (Å²) in [5.74, 6) is 0.570. The predicted octanol–water partition coefficient (Wildman–Crippen LogP) is 4.73. The van der Waals surface area contributed by atoms with Crippen molar-refractivity contribution < 1.29 is 9.53 Å². The number of rotatable bonds is 6. The zero-order valence-electron chi connectivity index (χ0n) is 15.5. The molecule has 3 rings (SSSR count). The lowest BCUT2D eigenvalue weighted by molar-refractivity contribution is 0.0954. The highest BCUT2D eigenvalue weighted by atomic mass is 16.5. The van der Waals surface area contributed by atoms with Gasteiger partial charge in [0.05, 0.1) is 5.71 Å². The second kappa shape index (κ2) is 8.81. The van der Waals surface area contributed by atoms with Crippen molar-refractivity contribution in [3.05, 3.63) is 101 Å². The molecule has 0 aliphatic rings. The van der Waals surface area contributed by atoms with E-state index in [0.29, 0.717) is 12.2 Å². The number of hydrogen-bond acceptors (Lipinski definition) is 3. The number of benzene rings is 3. The highest BCUT2D eigenvalue weighted by Crippen LogP contribution is 2.15. The van der Waals surface area contributed by atoms with Crippen molar-refractivity contribution in [2.24, 2.45) is 5.10 Å². The van der Waals surface area contributed by atoms with Crippen LogP contribution in [0.4, 0.5) is 0 Å². The van der Waals surface area contributed by atoms with Gasteiger partial charge in [-0.1, -0.05) is 48.0 Å². The topological polar surface area (TPSA) is 50.7 Å². The quantitative estimate of drug-likeness (QED) is 0.512. The molecule has 136 valence electrons. The fourth-order valence-electron chi connectivity index (χ4n) is 2.58. The van der Waals surface area contributed by atoms with Gasteiger partial charge in [-0.2, -0.15) is 5.10 Å². The van der Waals surface area contributed by atoms with Crippen LogP contribution in [0.5, 0.6) is 5.75 Å². The lowest BCUT2D eigenvalue weighted by Crippen LogP contribution is -2.19. The van der Waals surface area contributed by atoms with E-state index in [1.807, 2.05) is 86.6 Å². The van der Waals surface area contributed by atoms with Crippen LogP contribution in [-0.4, -0.2) is 11.6 Å². The summed E-state index contributed by atoms with van der Waals surface area (Å²) in [5.41, 5.74) is 7.01. The zero-order chi connectivity index (χ0) is 19.1. The Balaban J connectivity index is 1.58. The van der Waals surface area contributed by atoms with E-state index in [-0.39, 0.29) is 5.91 Å². The maximum atomic E-state index is 12.2. The summed E-state index contributed by atoms with van der Waals surface area (Å²) in [4.78, 5) is 12.2. The van der Waals surface area contributed by atoms with Gasteiger partial charge in [0.1, 0.15) is 12.4 Å². The van der Waals surface area contributed by atoms with Crippen LogP contribution >= 0.6 is 0 Å². The van der Waals surface area contributed by atoms with E-state index in [0.717, 1.165) is 28.2 Å². The fourth-order valence-corrected chi connectivity index (χ4v) is 2.58. The molecule has 1 amide bonds. The number of aryl methyl sites for hydroxylation is 1. The molecular formula is C23H22N2O2. The molecule has 0 spiro atoms. The maximum Gasteiger partial charge on any atom is 0.271 e. The van der Waals surface area contributed by atoms with Gasteiger partial charge in [0.15, 0.2) is 0 Å². The molecule has 3 aromatic rings. The van der Waals surface area contributed by atoms with Crippen LogP contribution in [0.1, 0.15) is 34.0 Å². The van der Waals surface area contributed by atoms with E-state index in [2.05, 4.69) is 10.5 Å². The van der Waals surface area contributed by atoms with Gasteiger partial charge in [0.25, 0.3) is 5.91 Å². The van der Waals surface area contributed by atoms with Crippen LogP contribution < -0.4 is 10.2 Å². The van der Waals surface area contributed by atoms with Gasteiger partial charge in [-0.25, -0.2) is 5.43 Å². The van der Waals surface area contributed by atoms with Crippen LogP contribution in [0, 0.1) is 6.92 Å². The lowest BCUT2D eigenvalue weighted by Gasteiger charge is -2.08. The fraction of sp³-hybridized carbons (Fsp3) is 0.130. The summed E-state index contributed by atoms with van der Waals surface area (Å²) in [5, 5.41) is 4.20. The summed E-state index contributed by atoms with van der Waals surface area (Å²) in [7, 11) is 0. The molecule has 3 aromatic carbocycles. The Bertz CT molecular complexity index is 932. The Labute approximate surface area is 159 Å². The normalized spacial score (nSPS) is 11.1. The third kappa shape index (κ3) is 5.28. The molecule has 1 N–H and O–H groups in total. The van der Waals surface area contributed by atoms with Crippen LogP contribution in [0.15, 0.2) is 84.0 Å². The van der Waals surface area contributed by atoms with E-state index in [9.17, 15) is 4.79 Å². The first kappa shape index (κ1) is 18.4. The minimum Gasteiger partial charge on any atom is -0.489 e. The third-order valence-electron chi connectivity index (χ3n) is 4.13. The average molecular weight is 358 g/mol. The third-order valence-corrected chi connectivity index (χ3v) is 4.13. The molecule has 0 bridgehead atoms. The minimum atomic E-state index is -0.221. The van der Waals surface area contributed by atoms with E-state index in [4.69, 9.17) is 4.74 Å². The van der Waals surface area contributed by atoms with Crippen molar-refractivity contribution in [2.75, 3.05) is 0 Å². The molecule has 27 heavy (non-hydrogen) atoms. The Morgan fingerprint density at radius 2 is 1.67 bits per heavy atom. The summed E-state index contributed by atoms with van der Waals surface area (Å²) in [6.45, 7) is 4.34. The standard InChI is InChI=1S/C23H22N2O2/c1-17-7-6-10-21(15-17)23(26)25-24-18(2)20-11-13-22(14-12-20)27-16-19-8-4-3-5-9-19/h3-15H,16H2,1-2H3,(H,25,26)/b24-18+. The van der Waals surface area contributed by atoms with Crippen LogP contribution in [0.3, 0.4) is 0 Å². The molecule has 4 nitrogen and oxygen atoms in total. The van der Waals surface area contributed by atoms with Crippen molar-refractivity contribution >= 4 is 11.6 Å². The van der Waals surface area contributed by atoms with Crippen molar-refractivity contribution in [3.8, 4) is 5.75 Å². The van der Waals surface area contributed by atoms with Crippen molar-refractivity contribution in [1.29, 1.82) is 0 Å². The number of ether oxygens (including phenoxy) is 1. The first-order valence-electron chi connectivity index (χ1n) is 8.80. The monoisotopic (exact) mass is 358 g/mol. The number of amides is 1. The molecule has 0 saturated heterocycles. The summed E-state index contributed by atoms with van der Waals surface area (Å²) < 4.78 is 5.78. The van der Waals surface area contributed by atoms with Gasteiger partial charge < -0.3 is 4.74 Å². The van der Waals surface area contributed by atoms with Gasteiger partial charge in [-0.05, 0) is 61.4 Å². The first-order valence-corrected chi connectivity index (χ1v) is 8.80. The largest absolute Gasteiger partial charge is 0.489 e. The zero-order valence-corrected chi connectivity index (χ0v) is 15.5. The molecule has 0 fully saturated rings. The van der Waals surface area contributed by atoms with Crippen LogP contribution in [0.25, 0.3) is 0 Å². The Kier molecular flexibility index (Phi) is 6.00. The van der Waals surface area contributed by atoms with E-state index >= 15 is 0 Å². The molecule has 0 saturated carbocycles. The van der Waals surface area contributed by atoms with Crippen LogP contribution in [-0.2, 0) is 6.61 Å². The average Bonchev–Trinajstić information content (AvgIpc) is 2.71. The Morgan fingerprint density at radius 3 is 2.37 bits per heavy atom. The molecular weight excluding hydrogens is 336 g/mol. The molecule has 0 heterocycles. The molecule has 0 atom stereocenters. The van der Waals surface area contributed by atoms with Crippen molar-refractivity contribution in [1.82, 2.24) is 5.43 Å². The second-order valence-corrected chi connectivity index (χ2v) is 6.31. The first-order chi connectivity index (χ1) is 13.1. The molecule has 0 aliphatic heterocycles. The predicted molar refractivity (Wildman–Crippen MR) is 108 cm³/mol. The molecule has 0 unspecified atom stereocenters. The SMILES string of the molecule is C/C(=N\NC(=O)c1cccc(C)c1)c1ccc(OCc2ccccc2)cc1. The highest BCUT2D eigenvalue weighted by molar-refractivity contribution is 6.00. The Morgan fingerprint density at radius 1 is 0.926 bits per heavy atom. The molecule has 0 aromatic heterocycles. The number of carbonyl (C=O) groups is 1. The summed E-state index contributed by atoms with van der Waals surface area (Å²) in [6.07, 6.45) is 0. The maximum absolute atomic E-state index is 12.2. The van der Waals surface area contributed by atoms with Gasteiger partial charge in [-0.15, -0.1) is 0 Å². The van der Waals surface area contributed by atoms with E-state index in [1.165, 1.54) is 0 Å². The molecule has 4 heteroatoms. The van der Waals surface area contributed by atoms with Crippen molar-refractivity contribution in [3.63, 3.8) is 0 Å². The number of nitrogens with one attached hydrogen (secondary N) is 1. The van der Waals surface area contributed by atoms with E-state index < -0.39 is 0 Å². The number of carbonyl (C=O) groups excluding carboxylic acids is 1. The minimum absolute atomic E-state index is 0.221. The van der Waals surface area contributed by atoms with Crippen LogP contribution in [0.2, 0.25) is 0 Å². The molecule has 0 radical (unpaired) electrons. The second-order valence-electron chi connectivity index (χ2n) is 6.31. The number of hydrogen-bond donors (Lipinski definition) is 1. The smallest absolute Gasteiger partial charge is 0.271 e. The van der Waals surface area contributed by atoms with E-state index in [1.54, 1.807) is 6.07 Å². The van der Waals surface area contributed by atoms with Gasteiger partial charge >= 0.3 is 0 Å². The number of nitrogens with zero attached hydrogens (tertiary/aromatic N) is 1. The summed E-state index contributed by atoms with van der Waals surface area (Å²) in [6, 6.07) is 25.1. The molecule has 0 aliphatic carbocycles. The lowest BCUT2D eigenvalue weighted by atomic mass is 10.1. The van der Waals surface area contributed by atoms with Crippen molar-refractivity contribution in [2.45, 2.75) is 20.5 Å². The summed E-state index contributed by atoms with van der Waals surface area (Å²) >= 11 is 0. The number of hydrazone groups is 1. The van der Waals surface area contributed by atoms with Gasteiger partial charge in [0, 0.05) is 5.56 Å². The van der Waals surface area contributed by atoms with Gasteiger partial charge in [-0.3, -0.25) is 4.79 Å². The highest BCUT2D eigenvalue weighted by Gasteiger charge is 2.05.